The minimum atomic E-state index is -3.73. The van der Waals surface area contributed by atoms with Crippen molar-refractivity contribution >= 4 is 33.2 Å². The van der Waals surface area contributed by atoms with Gasteiger partial charge in [0.25, 0.3) is 5.91 Å². The Hall–Kier alpha value is -3.54. The van der Waals surface area contributed by atoms with Gasteiger partial charge < -0.3 is 24.8 Å². The van der Waals surface area contributed by atoms with Gasteiger partial charge in [0.1, 0.15) is 11.9 Å². The smallest absolute Gasteiger partial charge is 0.252 e. The Morgan fingerprint density at radius 3 is 2.03 bits per heavy atom. The van der Waals surface area contributed by atoms with E-state index in [1.807, 2.05) is 4.72 Å². The number of ether oxygens (including phenoxy) is 3. The second-order valence-electron chi connectivity index (χ2n) is 7.67. The Morgan fingerprint density at radius 1 is 0.971 bits per heavy atom. The maximum absolute atomic E-state index is 13.9. The number of carbonyl (C=O) groups excluding carboxylic acids is 2. The zero-order valence-corrected chi connectivity index (χ0v) is 20.5. The number of amides is 2. The van der Waals surface area contributed by atoms with E-state index in [9.17, 15) is 22.4 Å². The van der Waals surface area contributed by atoms with Crippen molar-refractivity contribution in [2.45, 2.75) is 19.9 Å². The molecule has 0 aliphatic rings. The molecule has 2 aromatic rings. The summed E-state index contributed by atoms with van der Waals surface area (Å²) < 4.78 is 54.6. The molecule has 0 aliphatic carbocycles. The van der Waals surface area contributed by atoms with Gasteiger partial charge in [-0.3, -0.25) is 14.3 Å². The van der Waals surface area contributed by atoms with Crippen molar-refractivity contribution in [3.8, 4) is 17.2 Å². The van der Waals surface area contributed by atoms with Crippen LogP contribution >= 0.6 is 0 Å². The zero-order valence-electron chi connectivity index (χ0n) is 19.7. The minimum absolute atomic E-state index is 0.144. The van der Waals surface area contributed by atoms with Crippen LogP contribution < -0.4 is 29.6 Å². The molecular formula is C22H28FN3O7S. The molecule has 186 valence electrons. The summed E-state index contributed by atoms with van der Waals surface area (Å²) in [5.74, 6) is -1.40. The van der Waals surface area contributed by atoms with Gasteiger partial charge in [0.2, 0.25) is 21.7 Å². The van der Waals surface area contributed by atoms with Crippen molar-refractivity contribution in [1.29, 1.82) is 0 Å². The van der Waals surface area contributed by atoms with Crippen LogP contribution in [0.4, 0.5) is 15.8 Å². The number of hydrogen-bond acceptors (Lipinski definition) is 7. The molecule has 0 saturated heterocycles. The van der Waals surface area contributed by atoms with Crippen LogP contribution in [0.5, 0.6) is 17.2 Å². The van der Waals surface area contributed by atoms with E-state index in [1.165, 1.54) is 39.5 Å². The summed E-state index contributed by atoms with van der Waals surface area (Å²) in [6.07, 6.45) is 0.880. The Morgan fingerprint density at radius 2 is 1.56 bits per heavy atom. The van der Waals surface area contributed by atoms with Gasteiger partial charge in [-0.1, -0.05) is 13.8 Å². The predicted molar refractivity (Wildman–Crippen MR) is 126 cm³/mol. The van der Waals surface area contributed by atoms with E-state index in [0.29, 0.717) is 5.75 Å². The van der Waals surface area contributed by atoms with Crippen molar-refractivity contribution in [3.05, 3.63) is 41.7 Å². The molecule has 0 heterocycles. The highest BCUT2D eigenvalue weighted by Crippen LogP contribution is 2.38. The number of benzene rings is 2. The molecule has 0 aliphatic heterocycles. The van der Waals surface area contributed by atoms with E-state index in [1.54, 1.807) is 13.8 Å². The molecule has 1 atom stereocenters. The second kappa shape index (κ2) is 11.1. The van der Waals surface area contributed by atoms with Crippen LogP contribution in [0.1, 0.15) is 24.2 Å². The van der Waals surface area contributed by atoms with E-state index >= 15 is 0 Å². The first-order valence-corrected chi connectivity index (χ1v) is 12.0. The molecule has 0 saturated carbocycles. The maximum atomic E-state index is 13.9. The summed E-state index contributed by atoms with van der Waals surface area (Å²) in [5.41, 5.74) is 0.00228. The topological polar surface area (TPSA) is 132 Å². The monoisotopic (exact) mass is 497 g/mol. The lowest BCUT2D eigenvalue weighted by Crippen LogP contribution is -2.47. The van der Waals surface area contributed by atoms with Gasteiger partial charge in [0.05, 0.1) is 33.3 Å². The predicted octanol–water partition coefficient (Wildman–Crippen LogP) is 2.62. The highest BCUT2D eigenvalue weighted by atomic mass is 32.2. The van der Waals surface area contributed by atoms with Crippen molar-refractivity contribution in [3.63, 3.8) is 0 Å². The summed E-state index contributed by atoms with van der Waals surface area (Å²) in [6.45, 7) is 3.47. The molecule has 2 rings (SSSR count). The summed E-state index contributed by atoms with van der Waals surface area (Å²) in [5, 5.41) is 5.24. The fourth-order valence-electron chi connectivity index (χ4n) is 3.07. The molecule has 2 amide bonds. The van der Waals surface area contributed by atoms with E-state index < -0.39 is 33.7 Å². The van der Waals surface area contributed by atoms with Crippen molar-refractivity contribution in [1.82, 2.24) is 5.32 Å². The molecule has 0 aromatic heterocycles. The Kier molecular flexibility index (Phi) is 8.68. The lowest BCUT2D eigenvalue weighted by molar-refractivity contribution is -0.118. The molecule has 0 fully saturated rings. The number of methoxy groups -OCH3 is 3. The van der Waals surface area contributed by atoms with Gasteiger partial charge in [0.15, 0.2) is 11.5 Å². The van der Waals surface area contributed by atoms with Crippen LogP contribution in [0.2, 0.25) is 0 Å². The molecule has 34 heavy (non-hydrogen) atoms. The van der Waals surface area contributed by atoms with E-state index in [2.05, 4.69) is 10.6 Å². The highest BCUT2D eigenvalue weighted by molar-refractivity contribution is 7.92. The molecular weight excluding hydrogens is 469 g/mol. The number of anilines is 2. The van der Waals surface area contributed by atoms with Crippen LogP contribution in [0.25, 0.3) is 0 Å². The quantitative estimate of drug-likeness (QED) is 0.460. The Bertz CT molecular complexity index is 1140. The van der Waals surface area contributed by atoms with Gasteiger partial charge in [-0.15, -0.1) is 0 Å². The number of nitrogens with one attached hydrogen (secondary N) is 3. The number of carbonyl (C=O) groups is 2. The number of halogens is 1. The lowest BCUT2D eigenvalue weighted by Gasteiger charge is -2.22. The first kappa shape index (κ1) is 26.7. The molecule has 0 radical (unpaired) electrons. The van der Waals surface area contributed by atoms with Crippen LogP contribution in [-0.4, -0.2) is 53.9 Å². The molecule has 1 unspecified atom stereocenters. The van der Waals surface area contributed by atoms with Crippen LogP contribution in [0, 0.1) is 11.7 Å². The van der Waals surface area contributed by atoms with E-state index in [-0.39, 0.29) is 34.4 Å². The summed E-state index contributed by atoms with van der Waals surface area (Å²) in [7, 11) is 0.540. The average Bonchev–Trinajstić information content (AvgIpc) is 2.76. The molecule has 2 aromatic carbocycles. The number of rotatable bonds is 10. The lowest BCUT2D eigenvalue weighted by atomic mass is 10.0. The third kappa shape index (κ3) is 6.73. The normalized spacial score (nSPS) is 12.0. The number of sulfonamides is 1. The molecule has 12 heteroatoms. The molecule has 3 N–H and O–H groups in total. The van der Waals surface area contributed by atoms with Crippen LogP contribution in [0.3, 0.4) is 0 Å². The third-order valence-electron chi connectivity index (χ3n) is 4.69. The second-order valence-corrected chi connectivity index (χ2v) is 9.42. The third-order valence-corrected chi connectivity index (χ3v) is 5.28. The summed E-state index contributed by atoms with van der Waals surface area (Å²) in [4.78, 5) is 25.9. The summed E-state index contributed by atoms with van der Waals surface area (Å²) >= 11 is 0. The fraction of sp³-hybridized carbons (Fsp3) is 0.364. The maximum Gasteiger partial charge on any atom is 0.252 e. The summed E-state index contributed by atoms with van der Waals surface area (Å²) in [6, 6.07) is 5.38. The first-order valence-electron chi connectivity index (χ1n) is 10.1. The van der Waals surface area contributed by atoms with Crippen molar-refractivity contribution in [2.24, 2.45) is 5.92 Å². The van der Waals surface area contributed by atoms with Gasteiger partial charge in [-0.05, 0) is 36.2 Å². The van der Waals surface area contributed by atoms with Gasteiger partial charge in [-0.25, -0.2) is 12.8 Å². The van der Waals surface area contributed by atoms with Crippen LogP contribution in [-0.2, 0) is 14.8 Å². The van der Waals surface area contributed by atoms with Crippen molar-refractivity contribution in [2.75, 3.05) is 37.6 Å². The van der Waals surface area contributed by atoms with Crippen LogP contribution in [0.15, 0.2) is 30.3 Å². The standard InChI is InChI=1S/C22H28FN3O7S/c1-12(2)19(22(28)24-14-7-8-15(23)16(11-14)26-34(6,29)30)25-21(27)13-9-17(31-3)20(33-5)18(10-13)32-4/h7-12,19,26H,1-6H3,(H,24,28)(H,25,27). The fourth-order valence-corrected chi connectivity index (χ4v) is 3.63. The van der Waals surface area contributed by atoms with Crippen molar-refractivity contribution < 1.29 is 36.6 Å². The first-order chi connectivity index (χ1) is 15.9. The SMILES string of the molecule is COc1cc(C(=O)NC(C(=O)Nc2ccc(F)c(NS(C)(=O)=O)c2)C(C)C)cc(OC)c1OC. The van der Waals surface area contributed by atoms with Gasteiger partial charge >= 0.3 is 0 Å². The van der Waals surface area contributed by atoms with Gasteiger partial charge in [0, 0.05) is 11.3 Å². The average molecular weight is 498 g/mol. The molecule has 10 nitrogen and oxygen atoms in total. The largest absolute Gasteiger partial charge is 0.493 e. The molecule has 0 spiro atoms. The Balaban J connectivity index is 2.27. The minimum Gasteiger partial charge on any atom is -0.493 e. The van der Waals surface area contributed by atoms with E-state index in [4.69, 9.17) is 14.2 Å². The zero-order chi connectivity index (χ0) is 25.6. The Labute approximate surface area is 197 Å². The van der Waals surface area contributed by atoms with Gasteiger partial charge in [-0.2, -0.15) is 0 Å². The molecule has 0 bridgehead atoms. The van der Waals surface area contributed by atoms with E-state index in [0.717, 1.165) is 18.4 Å². The number of hydrogen-bond donors (Lipinski definition) is 3. The highest BCUT2D eigenvalue weighted by Gasteiger charge is 2.26.